The van der Waals surface area contributed by atoms with Crippen LogP contribution in [0.25, 0.3) is 0 Å². The van der Waals surface area contributed by atoms with Gasteiger partial charge in [0.2, 0.25) is 11.7 Å². The Balaban J connectivity index is 2.53. The highest BCUT2D eigenvalue weighted by Crippen LogP contribution is 2.27. The van der Waals surface area contributed by atoms with E-state index in [0.717, 1.165) is 4.57 Å². The van der Waals surface area contributed by atoms with E-state index in [-0.39, 0.29) is 23.2 Å². The molecule has 2 rings (SSSR count). The van der Waals surface area contributed by atoms with Crippen LogP contribution in [0.1, 0.15) is 28.4 Å². The number of benzene rings is 1. The number of Topliss-reactive ketones (excluding diaryl/α,β-unsaturated/α-hetero) is 1. The Hall–Kier alpha value is -3.04. The van der Waals surface area contributed by atoms with Gasteiger partial charge in [-0.15, -0.1) is 6.58 Å². The van der Waals surface area contributed by atoms with Gasteiger partial charge in [0.25, 0.3) is 5.56 Å². The lowest BCUT2D eigenvalue weighted by Gasteiger charge is -2.18. The molecule has 26 heavy (non-hydrogen) atoms. The molecule has 0 aliphatic rings. The molecule has 2 aromatic rings. The molecular formula is C19H17ClN2O4. The lowest BCUT2D eigenvalue weighted by molar-refractivity contribution is 0.0813. The maximum absolute atomic E-state index is 12.9. The number of allylic oxidation sites excluding steroid dienone is 1. The zero-order chi connectivity index (χ0) is 19.4. The first-order valence-electron chi connectivity index (χ1n) is 7.76. The number of halogens is 1. The van der Waals surface area contributed by atoms with Gasteiger partial charge in [-0.05, 0) is 31.5 Å². The second-order valence-corrected chi connectivity index (χ2v) is 5.98. The fraction of sp³-hybridized carbons (Fsp3) is 0.211. The molecule has 1 aromatic carbocycles. The van der Waals surface area contributed by atoms with Gasteiger partial charge < -0.3 is 9.84 Å². The largest absolute Gasteiger partial charge is 0.494 e. The molecule has 134 valence electrons. The van der Waals surface area contributed by atoms with Crippen molar-refractivity contribution in [3.63, 3.8) is 0 Å². The molecule has 0 bridgehead atoms. The number of para-hydroxylation sites is 1. The number of hydrogen-bond acceptors (Lipinski definition) is 5. The van der Waals surface area contributed by atoms with Crippen LogP contribution in [0.5, 0.6) is 11.6 Å². The van der Waals surface area contributed by atoms with E-state index in [9.17, 15) is 20.0 Å². The summed E-state index contributed by atoms with van der Waals surface area (Å²) in [4.78, 5) is 25.1. The number of aromatic hydroxyl groups is 1. The SMILES string of the molecule is C=CCn1c(O)c(C(=O)C(C)Oc2ccccc2Cl)c(C)c(C#N)c1=O. The molecule has 0 fully saturated rings. The van der Waals surface area contributed by atoms with Crippen LogP contribution in [0.4, 0.5) is 0 Å². The smallest absolute Gasteiger partial charge is 0.271 e. The number of nitrogens with zero attached hydrogens (tertiary/aromatic N) is 2. The first kappa shape index (κ1) is 19.3. The van der Waals surface area contributed by atoms with E-state index in [1.165, 1.54) is 19.9 Å². The topological polar surface area (TPSA) is 92.3 Å². The zero-order valence-corrected chi connectivity index (χ0v) is 15.1. The average Bonchev–Trinajstić information content (AvgIpc) is 2.61. The second-order valence-electron chi connectivity index (χ2n) is 5.57. The quantitative estimate of drug-likeness (QED) is 0.620. The zero-order valence-electron chi connectivity index (χ0n) is 14.3. The third-order valence-corrected chi connectivity index (χ3v) is 4.18. The Morgan fingerprint density at radius 2 is 2.15 bits per heavy atom. The minimum Gasteiger partial charge on any atom is -0.494 e. The Morgan fingerprint density at radius 3 is 2.73 bits per heavy atom. The molecule has 7 heteroatoms. The van der Waals surface area contributed by atoms with Crippen LogP contribution in [-0.4, -0.2) is 21.6 Å². The molecule has 0 aliphatic carbocycles. The Kier molecular flexibility index (Phi) is 5.86. The number of carbonyl (C=O) groups is 1. The summed E-state index contributed by atoms with van der Waals surface area (Å²) in [6.07, 6.45) is 0.385. The maximum Gasteiger partial charge on any atom is 0.271 e. The highest BCUT2D eigenvalue weighted by Gasteiger charge is 2.28. The summed E-state index contributed by atoms with van der Waals surface area (Å²) >= 11 is 6.03. The molecule has 1 aromatic heterocycles. The highest BCUT2D eigenvalue weighted by atomic mass is 35.5. The number of pyridine rings is 1. The van der Waals surface area contributed by atoms with E-state index in [1.807, 2.05) is 0 Å². The Labute approximate surface area is 155 Å². The molecule has 0 aliphatic heterocycles. The van der Waals surface area contributed by atoms with Gasteiger partial charge in [-0.3, -0.25) is 14.2 Å². The summed E-state index contributed by atoms with van der Waals surface area (Å²) in [5.41, 5.74) is -0.922. The van der Waals surface area contributed by atoms with Gasteiger partial charge in [-0.2, -0.15) is 5.26 Å². The molecular weight excluding hydrogens is 356 g/mol. The number of rotatable bonds is 6. The maximum atomic E-state index is 12.9. The predicted octanol–water partition coefficient (Wildman–Crippen LogP) is 3.22. The Morgan fingerprint density at radius 1 is 1.50 bits per heavy atom. The number of aromatic nitrogens is 1. The molecule has 0 saturated carbocycles. The van der Waals surface area contributed by atoms with Gasteiger partial charge in [0.1, 0.15) is 17.4 Å². The van der Waals surface area contributed by atoms with Crippen molar-refractivity contribution in [1.82, 2.24) is 4.57 Å². The van der Waals surface area contributed by atoms with E-state index >= 15 is 0 Å². The summed E-state index contributed by atoms with van der Waals surface area (Å²) < 4.78 is 6.52. The summed E-state index contributed by atoms with van der Waals surface area (Å²) in [7, 11) is 0. The Bertz CT molecular complexity index is 973. The van der Waals surface area contributed by atoms with Crippen LogP contribution >= 0.6 is 11.6 Å². The minimum atomic E-state index is -0.999. The second kappa shape index (κ2) is 7.89. The van der Waals surface area contributed by atoms with Crippen LogP contribution in [0.3, 0.4) is 0 Å². The number of ketones is 1. The molecule has 0 spiro atoms. The predicted molar refractivity (Wildman–Crippen MR) is 97.9 cm³/mol. The number of carbonyl (C=O) groups excluding carboxylic acids is 1. The molecule has 0 amide bonds. The van der Waals surface area contributed by atoms with Crippen molar-refractivity contribution in [3.05, 3.63) is 69.0 Å². The van der Waals surface area contributed by atoms with Crippen LogP contribution in [0.2, 0.25) is 5.02 Å². The van der Waals surface area contributed by atoms with E-state index in [0.29, 0.717) is 10.8 Å². The highest BCUT2D eigenvalue weighted by molar-refractivity contribution is 6.32. The van der Waals surface area contributed by atoms with Gasteiger partial charge in [-0.25, -0.2) is 0 Å². The summed E-state index contributed by atoms with van der Waals surface area (Å²) in [6.45, 7) is 6.41. The monoisotopic (exact) mass is 372 g/mol. The fourth-order valence-corrected chi connectivity index (χ4v) is 2.71. The van der Waals surface area contributed by atoms with Crippen molar-refractivity contribution in [1.29, 1.82) is 5.26 Å². The van der Waals surface area contributed by atoms with E-state index in [2.05, 4.69) is 6.58 Å². The number of nitriles is 1. The summed E-state index contributed by atoms with van der Waals surface area (Å²) in [5, 5.41) is 20.0. The van der Waals surface area contributed by atoms with Crippen molar-refractivity contribution in [2.45, 2.75) is 26.5 Å². The standard InChI is InChI=1S/C19H17ClN2O4/c1-4-9-22-18(24)13(10-21)11(2)16(19(22)25)17(23)12(3)26-15-8-6-5-7-14(15)20/h4-8,12,25H,1,9H2,2-3H3. The molecule has 1 N–H and O–H groups in total. The van der Waals surface area contributed by atoms with E-state index in [4.69, 9.17) is 16.3 Å². The van der Waals surface area contributed by atoms with Gasteiger partial charge in [0.15, 0.2) is 6.10 Å². The number of ether oxygens (including phenoxy) is 1. The van der Waals surface area contributed by atoms with Gasteiger partial charge in [0, 0.05) is 6.54 Å². The van der Waals surface area contributed by atoms with E-state index < -0.39 is 23.3 Å². The average molecular weight is 373 g/mol. The van der Waals surface area contributed by atoms with Gasteiger partial charge in [-0.1, -0.05) is 29.8 Å². The number of hydrogen-bond donors (Lipinski definition) is 1. The first-order chi connectivity index (χ1) is 12.3. The van der Waals surface area contributed by atoms with Crippen molar-refractivity contribution in [2.24, 2.45) is 0 Å². The lowest BCUT2D eigenvalue weighted by Crippen LogP contribution is -2.30. The molecule has 0 radical (unpaired) electrons. The lowest BCUT2D eigenvalue weighted by atomic mass is 9.99. The summed E-state index contributed by atoms with van der Waals surface area (Å²) in [6, 6.07) is 8.45. The van der Waals surface area contributed by atoms with Gasteiger partial charge >= 0.3 is 0 Å². The molecule has 6 nitrogen and oxygen atoms in total. The van der Waals surface area contributed by atoms with Crippen LogP contribution in [-0.2, 0) is 6.54 Å². The van der Waals surface area contributed by atoms with Crippen LogP contribution in [0, 0.1) is 18.3 Å². The molecule has 1 heterocycles. The first-order valence-corrected chi connectivity index (χ1v) is 8.14. The van der Waals surface area contributed by atoms with Gasteiger partial charge in [0.05, 0.1) is 10.6 Å². The van der Waals surface area contributed by atoms with Crippen molar-refractivity contribution < 1.29 is 14.6 Å². The van der Waals surface area contributed by atoms with E-state index in [1.54, 1.807) is 30.3 Å². The van der Waals surface area contributed by atoms with Crippen LogP contribution < -0.4 is 10.3 Å². The third-order valence-electron chi connectivity index (χ3n) is 3.87. The fourth-order valence-electron chi connectivity index (χ4n) is 2.53. The van der Waals surface area contributed by atoms with Crippen LogP contribution in [0.15, 0.2) is 41.7 Å². The third kappa shape index (κ3) is 3.48. The molecule has 1 unspecified atom stereocenters. The molecule has 0 saturated heterocycles. The normalized spacial score (nSPS) is 11.5. The van der Waals surface area contributed by atoms with Crippen molar-refractivity contribution >= 4 is 17.4 Å². The van der Waals surface area contributed by atoms with Crippen molar-refractivity contribution in [2.75, 3.05) is 0 Å². The summed E-state index contributed by atoms with van der Waals surface area (Å²) in [5.74, 6) is -0.785. The minimum absolute atomic E-state index is 0.0420. The van der Waals surface area contributed by atoms with Crippen molar-refractivity contribution in [3.8, 4) is 17.7 Å². The molecule has 1 atom stereocenters.